The second-order valence-corrected chi connectivity index (χ2v) is 6.63. The van der Waals surface area contributed by atoms with Crippen LogP contribution >= 0.6 is 11.5 Å². The van der Waals surface area contributed by atoms with Gasteiger partial charge in [-0.15, -0.1) is 0 Å². The zero-order valence-electron chi connectivity index (χ0n) is 12.5. The summed E-state index contributed by atoms with van der Waals surface area (Å²) in [5.41, 5.74) is 8.17. The van der Waals surface area contributed by atoms with E-state index in [4.69, 9.17) is 5.73 Å². The van der Waals surface area contributed by atoms with Crippen LogP contribution in [0.4, 0.5) is 10.8 Å². The first kappa shape index (κ1) is 14.3. The lowest BCUT2D eigenvalue weighted by Crippen LogP contribution is -2.26. The normalized spacial score (nSPS) is 16.0. The molecule has 5 heteroatoms. The molecule has 1 aliphatic carbocycles. The Hall–Kier alpha value is -1.62. The number of pyridine rings is 1. The van der Waals surface area contributed by atoms with E-state index in [-0.39, 0.29) is 0 Å². The molecule has 0 spiro atoms. The number of hydrogen-bond donors (Lipinski definition) is 1. The van der Waals surface area contributed by atoms with E-state index in [1.165, 1.54) is 43.6 Å². The first-order valence-electron chi connectivity index (χ1n) is 7.62. The highest BCUT2D eigenvalue weighted by molar-refractivity contribution is 7.11. The minimum atomic E-state index is 0.610. The van der Waals surface area contributed by atoms with Gasteiger partial charge in [-0.05, 0) is 36.4 Å². The predicted octanol–water partition coefficient (Wildman–Crippen LogP) is 3.80. The highest BCUT2D eigenvalue weighted by Gasteiger charge is 2.21. The Kier molecular flexibility index (Phi) is 4.39. The number of anilines is 2. The van der Waals surface area contributed by atoms with Crippen molar-refractivity contribution in [3.63, 3.8) is 0 Å². The number of nitrogens with two attached hydrogens (primary N) is 1. The summed E-state index contributed by atoms with van der Waals surface area (Å²) in [5, 5.41) is 1.16. The minimum Gasteiger partial charge on any atom is -0.382 e. The molecule has 3 rings (SSSR count). The fraction of sp³-hybridized carbons (Fsp3) is 0.500. The summed E-state index contributed by atoms with van der Waals surface area (Å²) in [6.07, 6.45) is 10.5. The van der Waals surface area contributed by atoms with Crippen molar-refractivity contribution in [3.8, 4) is 11.1 Å². The van der Waals surface area contributed by atoms with Gasteiger partial charge in [0.15, 0.2) is 0 Å². The third-order valence-corrected chi connectivity index (χ3v) is 5.23. The Bertz CT molecular complexity index is 575. The van der Waals surface area contributed by atoms with Crippen LogP contribution in [-0.2, 0) is 0 Å². The molecule has 0 unspecified atom stereocenters. The first-order chi connectivity index (χ1) is 10.3. The molecule has 2 N–H and O–H groups in total. The number of nitrogens with zero attached hydrogens (tertiary/aromatic N) is 3. The molecule has 2 heterocycles. The van der Waals surface area contributed by atoms with Gasteiger partial charge in [-0.2, -0.15) is 4.37 Å². The van der Waals surface area contributed by atoms with Gasteiger partial charge in [0.05, 0.1) is 5.56 Å². The SMILES string of the molecule is CN(CC1CCCCC1)c1snc(N)c1-c1cccnc1. The fourth-order valence-electron chi connectivity index (χ4n) is 3.18. The smallest absolute Gasteiger partial charge is 0.147 e. The van der Waals surface area contributed by atoms with Crippen LogP contribution in [0, 0.1) is 5.92 Å². The van der Waals surface area contributed by atoms with Crippen LogP contribution in [0.1, 0.15) is 32.1 Å². The molecular weight excluding hydrogens is 280 g/mol. The summed E-state index contributed by atoms with van der Waals surface area (Å²) in [6.45, 7) is 1.09. The van der Waals surface area contributed by atoms with E-state index in [1.807, 2.05) is 18.3 Å². The molecule has 0 saturated heterocycles. The molecule has 0 radical (unpaired) electrons. The Morgan fingerprint density at radius 1 is 1.33 bits per heavy atom. The molecule has 21 heavy (non-hydrogen) atoms. The van der Waals surface area contributed by atoms with Gasteiger partial charge < -0.3 is 10.6 Å². The maximum atomic E-state index is 6.09. The summed E-state index contributed by atoms with van der Waals surface area (Å²) in [4.78, 5) is 6.53. The van der Waals surface area contributed by atoms with Crippen LogP contribution in [0.3, 0.4) is 0 Å². The summed E-state index contributed by atoms with van der Waals surface area (Å²) < 4.78 is 4.36. The molecule has 2 aromatic rings. The minimum absolute atomic E-state index is 0.610. The molecule has 1 saturated carbocycles. The number of rotatable bonds is 4. The van der Waals surface area contributed by atoms with Gasteiger partial charge in [0.2, 0.25) is 0 Å². The standard InChI is InChI=1S/C16H22N4S/c1-20(11-12-6-3-2-4-7-12)16-14(15(17)19-21-16)13-8-5-9-18-10-13/h5,8-10,12H,2-4,6-7,11H2,1H3,(H2,17,19). The molecule has 1 aliphatic rings. The number of nitrogen functional groups attached to an aromatic ring is 1. The molecule has 2 aromatic heterocycles. The zero-order chi connectivity index (χ0) is 14.7. The molecule has 4 nitrogen and oxygen atoms in total. The summed E-state index contributed by atoms with van der Waals surface area (Å²) in [5.74, 6) is 1.41. The van der Waals surface area contributed by atoms with Crippen molar-refractivity contribution in [2.75, 3.05) is 24.2 Å². The fourth-order valence-corrected chi connectivity index (χ4v) is 3.98. The summed E-state index contributed by atoms with van der Waals surface area (Å²) in [6, 6.07) is 3.99. The summed E-state index contributed by atoms with van der Waals surface area (Å²) in [7, 11) is 2.15. The first-order valence-corrected chi connectivity index (χ1v) is 8.39. The Morgan fingerprint density at radius 2 is 2.14 bits per heavy atom. The van der Waals surface area contributed by atoms with Gasteiger partial charge >= 0.3 is 0 Å². The van der Waals surface area contributed by atoms with Crippen LogP contribution in [0.15, 0.2) is 24.5 Å². The largest absolute Gasteiger partial charge is 0.382 e. The van der Waals surface area contributed by atoms with Crippen molar-refractivity contribution in [1.82, 2.24) is 9.36 Å². The quantitative estimate of drug-likeness (QED) is 0.933. The topological polar surface area (TPSA) is 55.0 Å². The van der Waals surface area contributed by atoms with Crippen LogP contribution in [0.5, 0.6) is 0 Å². The van der Waals surface area contributed by atoms with Crippen molar-refractivity contribution < 1.29 is 0 Å². The van der Waals surface area contributed by atoms with Crippen molar-refractivity contribution in [3.05, 3.63) is 24.5 Å². The van der Waals surface area contributed by atoms with Crippen molar-refractivity contribution in [2.24, 2.45) is 5.92 Å². The molecule has 112 valence electrons. The average molecular weight is 302 g/mol. The lowest BCUT2D eigenvalue weighted by atomic mass is 9.89. The number of hydrogen-bond acceptors (Lipinski definition) is 5. The molecule has 1 fully saturated rings. The molecule has 0 bridgehead atoms. The monoisotopic (exact) mass is 302 g/mol. The van der Waals surface area contributed by atoms with Gasteiger partial charge in [0.25, 0.3) is 0 Å². The van der Waals surface area contributed by atoms with Crippen LogP contribution in [0.25, 0.3) is 11.1 Å². The van der Waals surface area contributed by atoms with E-state index in [0.29, 0.717) is 5.82 Å². The lowest BCUT2D eigenvalue weighted by Gasteiger charge is -2.27. The highest BCUT2D eigenvalue weighted by atomic mass is 32.1. The molecule has 0 atom stereocenters. The third-order valence-electron chi connectivity index (χ3n) is 4.25. The van der Waals surface area contributed by atoms with E-state index in [9.17, 15) is 0 Å². The average Bonchev–Trinajstić information content (AvgIpc) is 2.91. The van der Waals surface area contributed by atoms with Crippen LogP contribution < -0.4 is 10.6 Å². The summed E-state index contributed by atoms with van der Waals surface area (Å²) >= 11 is 1.49. The van der Waals surface area contributed by atoms with E-state index >= 15 is 0 Å². The Balaban J connectivity index is 1.82. The Labute approximate surface area is 130 Å². The molecule has 0 amide bonds. The van der Waals surface area contributed by atoms with Gasteiger partial charge in [-0.25, -0.2) is 0 Å². The predicted molar refractivity (Wildman–Crippen MR) is 89.6 cm³/mol. The van der Waals surface area contributed by atoms with Gasteiger partial charge in [-0.3, -0.25) is 4.98 Å². The second kappa shape index (κ2) is 6.43. The molecule has 0 aromatic carbocycles. The van der Waals surface area contributed by atoms with Gasteiger partial charge in [-0.1, -0.05) is 25.3 Å². The van der Waals surface area contributed by atoms with Crippen molar-refractivity contribution in [2.45, 2.75) is 32.1 Å². The molecular formula is C16H22N4S. The van der Waals surface area contributed by atoms with Crippen LogP contribution in [0.2, 0.25) is 0 Å². The van der Waals surface area contributed by atoms with E-state index < -0.39 is 0 Å². The second-order valence-electron chi connectivity index (χ2n) is 5.87. The van der Waals surface area contributed by atoms with Gasteiger partial charge in [0, 0.05) is 31.5 Å². The maximum Gasteiger partial charge on any atom is 0.147 e. The molecule has 0 aliphatic heterocycles. The van der Waals surface area contributed by atoms with Crippen molar-refractivity contribution >= 4 is 22.4 Å². The van der Waals surface area contributed by atoms with E-state index in [0.717, 1.165) is 28.6 Å². The van der Waals surface area contributed by atoms with Crippen LogP contribution in [-0.4, -0.2) is 22.9 Å². The lowest BCUT2D eigenvalue weighted by molar-refractivity contribution is 0.362. The van der Waals surface area contributed by atoms with E-state index in [2.05, 4.69) is 21.3 Å². The third kappa shape index (κ3) is 3.18. The highest BCUT2D eigenvalue weighted by Crippen LogP contribution is 2.39. The number of aromatic nitrogens is 2. The zero-order valence-corrected chi connectivity index (χ0v) is 13.3. The van der Waals surface area contributed by atoms with E-state index in [1.54, 1.807) is 6.20 Å². The van der Waals surface area contributed by atoms with Crippen molar-refractivity contribution in [1.29, 1.82) is 0 Å². The van der Waals surface area contributed by atoms with Gasteiger partial charge in [0.1, 0.15) is 10.8 Å². The maximum absolute atomic E-state index is 6.09. The Morgan fingerprint density at radius 3 is 2.86 bits per heavy atom.